The summed E-state index contributed by atoms with van der Waals surface area (Å²) >= 11 is 0. The van der Waals surface area contributed by atoms with Crippen LogP contribution in [0.5, 0.6) is 0 Å². The fraction of sp³-hybridized carbons (Fsp3) is 0.318. The Labute approximate surface area is 168 Å². The summed E-state index contributed by atoms with van der Waals surface area (Å²) in [6, 6.07) is 7.65. The van der Waals surface area contributed by atoms with Crippen LogP contribution in [0, 0.1) is 13.8 Å². The highest BCUT2D eigenvalue weighted by atomic mass is 16.1. The largest absolute Gasteiger partial charge is 0.368 e. The molecule has 29 heavy (non-hydrogen) atoms. The summed E-state index contributed by atoms with van der Waals surface area (Å²) in [6.45, 7) is 7.99. The quantitative estimate of drug-likeness (QED) is 0.528. The Morgan fingerprint density at radius 2 is 1.72 bits per heavy atom. The lowest BCUT2D eigenvalue weighted by Crippen LogP contribution is -2.44. The van der Waals surface area contributed by atoms with Crippen molar-refractivity contribution in [1.82, 2.24) is 23.7 Å². The van der Waals surface area contributed by atoms with E-state index in [1.165, 1.54) is 0 Å². The SMILES string of the molecule is Cc1cn2cc(-c3cc(=O)n4cc(N5CCN(C)CC5)ccc4n3)cc(C)c2n1. The van der Waals surface area contributed by atoms with Crippen LogP contribution >= 0.6 is 0 Å². The summed E-state index contributed by atoms with van der Waals surface area (Å²) in [5, 5.41) is 0. The summed E-state index contributed by atoms with van der Waals surface area (Å²) in [5.74, 6) is 0. The van der Waals surface area contributed by atoms with Crippen LogP contribution in [0.3, 0.4) is 0 Å². The molecular formula is C22H24N6O. The number of hydrogen-bond acceptors (Lipinski definition) is 5. The summed E-state index contributed by atoms with van der Waals surface area (Å²) in [5.41, 5.74) is 6.20. The Balaban J connectivity index is 1.57. The van der Waals surface area contributed by atoms with Crippen LogP contribution in [0.15, 0.2) is 47.7 Å². The number of hydrogen-bond donors (Lipinski definition) is 0. The van der Waals surface area contributed by atoms with E-state index >= 15 is 0 Å². The lowest BCUT2D eigenvalue weighted by molar-refractivity contribution is 0.313. The van der Waals surface area contributed by atoms with Crippen molar-refractivity contribution in [1.29, 1.82) is 0 Å². The third kappa shape index (κ3) is 3.17. The smallest absolute Gasteiger partial charge is 0.258 e. The van der Waals surface area contributed by atoms with Crippen LogP contribution in [-0.4, -0.2) is 56.9 Å². The third-order valence-electron chi connectivity index (χ3n) is 5.66. The first-order valence-corrected chi connectivity index (χ1v) is 9.91. The molecule has 0 aromatic carbocycles. The number of pyridine rings is 2. The van der Waals surface area contributed by atoms with Crippen LogP contribution in [0.25, 0.3) is 22.6 Å². The second-order valence-corrected chi connectivity index (χ2v) is 7.91. The van der Waals surface area contributed by atoms with Crippen molar-refractivity contribution in [3.05, 3.63) is 64.5 Å². The lowest BCUT2D eigenvalue weighted by Gasteiger charge is -2.34. The number of nitrogens with zero attached hydrogens (tertiary/aromatic N) is 6. The highest BCUT2D eigenvalue weighted by Gasteiger charge is 2.15. The van der Waals surface area contributed by atoms with Crippen LogP contribution in [-0.2, 0) is 0 Å². The number of anilines is 1. The van der Waals surface area contributed by atoms with Crippen molar-refractivity contribution in [3.63, 3.8) is 0 Å². The molecule has 7 nitrogen and oxygen atoms in total. The highest BCUT2D eigenvalue weighted by Crippen LogP contribution is 2.22. The van der Waals surface area contributed by atoms with Gasteiger partial charge in [0.25, 0.3) is 5.56 Å². The standard InChI is InChI=1S/C22H24N6O/c1-15-10-17(13-27-12-16(2)23-22(15)27)19-11-21(29)28-14-18(4-5-20(28)24-19)26-8-6-25(3)7-9-26/h4-5,10-14H,6-9H2,1-3H3. The number of fused-ring (bicyclic) bond motifs is 2. The summed E-state index contributed by atoms with van der Waals surface area (Å²) in [7, 11) is 2.14. The van der Waals surface area contributed by atoms with Gasteiger partial charge in [0.2, 0.25) is 0 Å². The number of aromatic nitrogens is 4. The molecule has 0 radical (unpaired) electrons. The van der Waals surface area contributed by atoms with Crippen molar-refractivity contribution in [2.24, 2.45) is 0 Å². The van der Waals surface area contributed by atoms with Gasteiger partial charge in [0, 0.05) is 56.4 Å². The summed E-state index contributed by atoms with van der Waals surface area (Å²) in [6.07, 6.45) is 5.88. The van der Waals surface area contributed by atoms with E-state index in [1.54, 1.807) is 10.5 Å². The van der Waals surface area contributed by atoms with Gasteiger partial charge in [0.15, 0.2) is 0 Å². The van der Waals surface area contributed by atoms with Gasteiger partial charge in [-0.1, -0.05) is 0 Å². The Hall–Kier alpha value is -3.19. The Kier molecular flexibility index (Phi) is 4.13. The average molecular weight is 388 g/mol. The number of piperazine rings is 1. The minimum absolute atomic E-state index is 0.0689. The maximum atomic E-state index is 12.9. The molecule has 5 rings (SSSR count). The van der Waals surface area contributed by atoms with Gasteiger partial charge >= 0.3 is 0 Å². The molecule has 0 bridgehead atoms. The molecule has 4 aromatic heterocycles. The van der Waals surface area contributed by atoms with Crippen molar-refractivity contribution in [3.8, 4) is 11.3 Å². The molecule has 4 aromatic rings. The molecule has 0 spiro atoms. The van der Waals surface area contributed by atoms with Gasteiger partial charge < -0.3 is 14.2 Å². The number of aryl methyl sites for hydroxylation is 2. The molecule has 7 heteroatoms. The first-order chi connectivity index (χ1) is 14.0. The van der Waals surface area contributed by atoms with Crippen molar-refractivity contribution >= 4 is 17.0 Å². The second kappa shape index (κ2) is 6.70. The maximum Gasteiger partial charge on any atom is 0.258 e. The fourth-order valence-electron chi connectivity index (χ4n) is 4.02. The molecule has 0 unspecified atom stereocenters. The molecule has 1 aliphatic heterocycles. The summed E-state index contributed by atoms with van der Waals surface area (Å²) < 4.78 is 3.64. The van der Waals surface area contributed by atoms with Gasteiger partial charge in [-0.15, -0.1) is 0 Å². The number of likely N-dealkylation sites (N-methyl/N-ethyl adjacent to an activating group) is 1. The van der Waals surface area contributed by atoms with Crippen LogP contribution in [0.2, 0.25) is 0 Å². The average Bonchev–Trinajstić information content (AvgIpc) is 3.09. The minimum atomic E-state index is -0.0689. The first-order valence-electron chi connectivity index (χ1n) is 9.91. The predicted molar refractivity (Wildman–Crippen MR) is 115 cm³/mol. The normalized spacial score (nSPS) is 15.5. The van der Waals surface area contributed by atoms with E-state index < -0.39 is 0 Å². The zero-order valence-electron chi connectivity index (χ0n) is 17.0. The van der Waals surface area contributed by atoms with E-state index in [2.05, 4.69) is 27.9 Å². The van der Waals surface area contributed by atoms with Crippen molar-refractivity contribution in [2.45, 2.75) is 13.8 Å². The van der Waals surface area contributed by atoms with E-state index in [0.717, 1.165) is 54.3 Å². The third-order valence-corrected chi connectivity index (χ3v) is 5.66. The first kappa shape index (κ1) is 17.9. The number of rotatable bonds is 2. The van der Waals surface area contributed by atoms with Crippen LogP contribution in [0.4, 0.5) is 5.69 Å². The van der Waals surface area contributed by atoms with E-state index in [9.17, 15) is 4.79 Å². The molecule has 0 atom stereocenters. The van der Waals surface area contributed by atoms with Gasteiger partial charge in [0.1, 0.15) is 11.3 Å². The van der Waals surface area contributed by atoms with E-state index in [0.29, 0.717) is 11.3 Å². The zero-order valence-corrected chi connectivity index (χ0v) is 17.0. The zero-order chi connectivity index (χ0) is 20.1. The molecule has 1 aliphatic rings. The minimum Gasteiger partial charge on any atom is -0.368 e. The van der Waals surface area contributed by atoms with Crippen LogP contribution in [0.1, 0.15) is 11.3 Å². The van der Waals surface area contributed by atoms with Gasteiger partial charge in [-0.2, -0.15) is 0 Å². The van der Waals surface area contributed by atoms with E-state index in [-0.39, 0.29) is 5.56 Å². The fourth-order valence-corrected chi connectivity index (χ4v) is 4.02. The monoisotopic (exact) mass is 388 g/mol. The molecule has 0 N–H and O–H groups in total. The van der Waals surface area contributed by atoms with Gasteiger partial charge in [-0.3, -0.25) is 9.20 Å². The van der Waals surface area contributed by atoms with Gasteiger partial charge in [0.05, 0.1) is 17.1 Å². The molecular weight excluding hydrogens is 364 g/mol. The lowest BCUT2D eigenvalue weighted by atomic mass is 10.1. The second-order valence-electron chi connectivity index (χ2n) is 7.91. The van der Waals surface area contributed by atoms with Gasteiger partial charge in [-0.05, 0) is 44.7 Å². The molecule has 0 saturated carbocycles. The Morgan fingerprint density at radius 1 is 0.931 bits per heavy atom. The Bertz CT molecular complexity index is 1280. The molecule has 1 fully saturated rings. The molecule has 5 heterocycles. The predicted octanol–water partition coefficient (Wildman–Crippen LogP) is 2.38. The highest BCUT2D eigenvalue weighted by molar-refractivity contribution is 5.66. The molecule has 148 valence electrons. The number of imidazole rings is 1. The van der Waals surface area contributed by atoms with E-state index in [1.807, 2.05) is 49.0 Å². The van der Waals surface area contributed by atoms with Crippen LogP contribution < -0.4 is 10.5 Å². The van der Waals surface area contributed by atoms with Crippen molar-refractivity contribution < 1.29 is 0 Å². The molecule has 0 amide bonds. The molecule has 1 saturated heterocycles. The molecule has 0 aliphatic carbocycles. The van der Waals surface area contributed by atoms with E-state index in [4.69, 9.17) is 4.98 Å². The summed E-state index contributed by atoms with van der Waals surface area (Å²) in [4.78, 5) is 26.8. The maximum absolute atomic E-state index is 12.9. The topological polar surface area (TPSA) is 58.2 Å². The van der Waals surface area contributed by atoms with Gasteiger partial charge in [-0.25, -0.2) is 9.97 Å². The van der Waals surface area contributed by atoms with Crippen molar-refractivity contribution in [2.75, 3.05) is 38.1 Å². The Morgan fingerprint density at radius 3 is 2.52 bits per heavy atom.